The number of hydrogen-bond donors (Lipinski definition) is 2. The van der Waals surface area contributed by atoms with Gasteiger partial charge in [0, 0.05) is 13.2 Å². The molecule has 0 aliphatic heterocycles. The molecular weight excluding hydrogens is 304 g/mol. The molecule has 1 aliphatic carbocycles. The van der Waals surface area contributed by atoms with Gasteiger partial charge < -0.3 is 0 Å². The van der Waals surface area contributed by atoms with Crippen LogP contribution in [-0.4, -0.2) is 39.4 Å². The van der Waals surface area contributed by atoms with Gasteiger partial charge in [0.05, 0.1) is 11.4 Å². The van der Waals surface area contributed by atoms with Crippen LogP contribution in [-0.2, 0) is 17.1 Å². The molecule has 0 radical (unpaired) electrons. The number of rotatable bonds is 5. The molecule has 8 nitrogen and oxygen atoms in total. The van der Waals surface area contributed by atoms with Crippen molar-refractivity contribution in [1.29, 1.82) is 0 Å². The van der Waals surface area contributed by atoms with E-state index in [1.54, 1.807) is 24.0 Å². The van der Waals surface area contributed by atoms with Crippen molar-refractivity contribution < 1.29 is 8.42 Å². The average molecular weight is 324 g/mol. The van der Waals surface area contributed by atoms with E-state index in [-0.39, 0.29) is 17.0 Å². The highest BCUT2D eigenvalue weighted by Crippen LogP contribution is 2.46. The molecule has 9 heteroatoms. The molecule has 0 spiro atoms. The summed E-state index contributed by atoms with van der Waals surface area (Å²) in [4.78, 5) is 0. The fourth-order valence-corrected chi connectivity index (χ4v) is 5.13. The van der Waals surface area contributed by atoms with E-state index < -0.39 is 10.0 Å². The Morgan fingerprint density at radius 1 is 1.45 bits per heavy atom. The van der Waals surface area contributed by atoms with Crippen LogP contribution in [0.4, 0.5) is 5.82 Å². The molecule has 2 aromatic rings. The molecule has 3 rings (SSSR count). The summed E-state index contributed by atoms with van der Waals surface area (Å²) in [7, 11) is -1.71. The Bertz CT molecular complexity index is 772. The number of hydrogen-bond acceptors (Lipinski definition) is 5. The first-order valence-electron chi connectivity index (χ1n) is 7.18. The Hall–Kier alpha value is -1.90. The summed E-state index contributed by atoms with van der Waals surface area (Å²) in [6.45, 7) is 4.15. The lowest BCUT2D eigenvalue weighted by Crippen LogP contribution is -2.40. The highest BCUT2D eigenvalue weighted by molar-refractivity contribution is 7.92. The molecule has 0 unspecified atom stereocenters. The van der Waals surface area contributed by atoms with E-state index >= 15 is 0 Å². The molecule has 2 heterocycles. The molecule has 0 atom stereocenters. The summed E-state index contributed by atoms with van der Waals surface area (Å²) in [5.41, 5.74) is 0.979. The Kier molecular flexibility index (Phi) is 3.47. The molecule has 120 valence electrons. The van der Waals surface area contributed by atoms with E-state index in [9.17, 15) is 8.42 Å². The van der Waals surface area contributed by atoms with Gasteiger partial charge in [-0.15, -0.1) is 5.10 Å². The van der Waals surface area contributed by atoms with E-state index in [0.717, 1.165) is 12.8 Å². The maximum atomic E-state index is 12.4. The van der Waals surface area contributed by atoms with Crippen molar-refractivity contribution >= 4 is 15.8 Å². The number of aromatic nitrogens is 5. The van der Waals surface area contributed by atoms with Crippen molar-refractivity contribution in [1.82, 2.24) is 25.2 Å². The van der Waals surface area contributed by atoms with Crippen molar-refractivity contribution in [2.24, 2.45) is 18.4 Å². The van der Waals surface area contributed by atoms with Crippen molar-refractivity contribution in [3.63, 3.8) is 0 Å². The van der Waals surface area contributed by atoms with Crippen molar-refractivity contribution in [2.75, 3.05) is 10.5 Å². The van der Waals surface area contributed by atoms with E-state index in [1.165, 1.54) is 0 Å². The third-order valence-corrected chi connectivity index (χ3v) is 5.67. The molecule has 0 saturated heterocycles. The largest absolute Gasteiger partial charge is 0.266 e. The maximum Gasteiger partial charge on any atom is 0.234 e. The smallest absolute Gasteiger partial charge is 0.234 e. The minimum absolute atomic E-state index is 0.0992. The fourth-order valence-electron chi connectivity index (χ4n) is 3.47. The summed E-state index contributed by atoms with van der Waals surface area (Å²) in [5, 5.41) is 14.5. The summed E-state index contributed by atoms with van der Waals surface area (Å²) in [6, 6.07) is 1.75. The van der Waals surface area contributed by atoms with Crippen LogP contribution in [0.2, 0.25) is 0 Å². The molecular formula is C13H20N6O2S. The van der Waals surface area contributed by atoms with Gasteiger partial charge in [0.1, 0.15) is 0 Å². The van der Waals surface area contributed by atoms with Crippen LogP contribution < -0.4 is 4.72 Å². The zero-order valence-corrected chi connectivity index (χ0v) is 13.7. The van der Waals surface area contributed by atoms with Crippen LogP contribution in [0.25, 0.3) is 11.4 Å². The van der Waals surface area contributed by atoms with Crippen LogP contribution in [0.5, 0.6) is 0 Å². The van der Waals surface area contributed by atoms with Crippen molar-refractivity contribution in [3.05, 3.63) is 12.3 Å². The standard InChI is InChI=1S/C13H20N6O2S/c1-9-6-13(2,7-9)8-22(20,21)17-12-11(15-18-16-12)10-4-5-14-19(10)3/h4-5,9H,6-8H2,1-3H3,(H2,15,16,17,18). The first-order valence-corrected chi connectivity index (χ1v) is 8.83. The van der Waals surface area contributed by atoms with Crippen LogP contribution in [0, 0.1) is 11.3 Å². The minimum Gasteiger partial charge on any atom is -0.266 e. The van der Waals surface area contributed by atoms with E-state index in [1.807, 2.05) is 6.92 Å². The maximum absolute atomic E-state index is 12.4. The van der Waals surface area contributed by atoms with Crippen molar-refractivity contribution in [2.45, 2.75) is 26.7 Å². The number of sulfonamides is 1. The van der Waals surface area contributed by atoms with E-state index in [4.69, 9.17) is 0 Å². The predicted molar refractivity (Wildman–Crippen MR) is 82.5 cm³/mol. The van der Waals surface area contributed by atoms with Gasteiger partial charge in [-0.2, -0.15) is 15.4 Å². The molecule has 2 N–H and O–H groups in total. The predicted octanol–water partition coefficient (Wildman–Crippen LogP) is 1.38. The highest BCUT2D eigenvalue weighted by atomic mass is 32.2. The van der Waals surface area contributed by atoms with Crippen LogP contribution >= 0.6 is 0 Å². The molecule has 1 fully saturated rings. The zero-order valence-electron chi connectivity index (χ0n) is 12.9. The first-order chi connectivity index (χ1) is 10.3. The lowest BCUT2D eigenvalue weighted by Gasteiger charge is -2.43. The molecule has 0 amide bonds. The van der Waals surface area contributed by atoms with Gasteiger partial charge in [-0.05, 0) is 30.2 Å². The van der Waals surface area contributed by atoms with Crippen LogP contribution in [0.15, 0.2) is 12.3 Å². The Balaban J connectivity index is 1.79. The number of anilines is 1. The summed E-state index contributed by atoms with van der Waals surface area (Å²) >= 11 is 0. The van der Waals surface area contributed by atoms with Gasteiger partial charge in [0.15, 0.2) is 11.5 Å². The summed E-state index contributed by atoms with van der Waals surface area (Å²) in [5.74, 6) is 0.902. The molecule has 2 aromatic heterocycles. The molecule has 1 aliphatic rings. The Labute approximate surface area is 129 Å². The fraction of sp³-hybridized carbons (Fsp3) is 0.615. The van der Waals surface area contributed by atoms with Crippen molar-refractivity contribution in [3.8, 4) is 11.4 Å². The summed E-state index contributed by atoms with van der Waals surface area (Å²) < 4.78 is 29.0. The third kappa shape index (κ3) is 2.85. The number of nitrogens with zero attached hydrogens (tertiary/aromatic N) is 4. The second kappa shape index (κ2) is 5.08. The lowest BCUT2D eigenvalue weighted by atomic mass is 9.65. The van der Waals surface area contributed by atoms with Crippen LogP contribution in [0.3, 0.4) is 0 Å². The number of nitrogens with one attached hydrogen (secondary N) is 2. The molecule has 1 saturated carbocycles. The van der Waals surface area contributed by atoms with Gasteiger partial charge in [-0.3, -0.25) is 9.40 Å². The lowest BCUT2D eigenvalue weighted by molar-refractivity contribution is 0.115. The number of aryl methyl sites for hydroxylation is 1. The monoisotopic (exact) mass is 324 g/mol. The molecule has 22 heavy (non-hydrogen) atoms. The van der Waals surface area contributed by atoms with Gasteiger partial charge in [0.25, 0.3) is 0 Å². The second-order valence-corrected chi connectivity index (χ2v) is 8.27. The SMILES string of the molecule is CC1CC(C)(CS(=O)(=O)Nc2n[nH]nc2-c2ccnn2C)C1. The Morgan fingerprint density at radius 2 is 2.18 bits per heavy atom. The minimum atomic E-state index is -3.48. The van der Waals surface area contributed by atoms with Crippen LogP contribution in [0.1, 0.15) is 26.7 Å². The topological polar surface area (TPSA) is 106 Å². The Morgan fingerprint density at radius 3 is 2.77 bits per heavy atom. The quantitative estimate of drug-likeness (QED) is 0.864. The van der Waals surface area contributed by atoms with E-state index in [2.05, 4.69) is 32.2 Å². The number of aromatic amines is 1. The average Bonchev–Trinajstić information content (AvgIpc) is 2.94. The normalized spacial score (nSPS) is 25.0. The number of H-pyrrole nitrogens is 1. The van der Waals surface area contributed by atoms with E-state index in [0.29, 0.717) is 17.3 Å². The highest BCUT2D eigenvalue weighted by Gasteiger charge is 2.41. The molecule has 0 aromatic carbocycles. The zero-order chi connectivity index (χ0) is 16.0. The molecule has 0 bridgehead atoms. The van der Waals surface area contributed by atoms with Gasteiger partial charge >= 0.3 is 0 Å². The third-order valence-electron chi connectivity index (χ3n) is 4.08. The van der Waals surface area contributed by atoms with Gasteiger partial charge in [-0.1, -0.05) is 13.8 Å². The summed E-state index contributed by atoms with van der Waals surface area (Å²) in [6.07, 6.45) is 3.49. The van der Waals surface area contributed by atoms with Gasteiger partial charge in [-0.25, -0.2) is 8.42 Å². The van der Waals surface area contributed by atoms with Gasteiger partial charge in [0.2, 0.25) is 10.0 Å². The first kappa shape index (κ1) is 15.0. The second-order valence-electron chi connectivity index (χ2n) is 6.55.